The highest BCUT2D eigenvalue weighted by Gasteiger charge is 1.82. The summed E-state index contributed by atoms with van der Waals surface area (Å²) in [5, 5.41) is 6.79. The van der Waals surface area contributed by atoms with Gasteiger partial charge >= 0.3 is 0 Å². The number of unbranched alkanes of at least 4 members (excludes halogenated alkanes) is 3. The van der Waals surface area contributed by atoms with E-state index in [9.17, 15) is 0 Å². The number of aliphatic imine (C=N–C) groups is 1. The molecular weight excluding hydrogens is 136 g/mol. The van der Waals surface area contributed by atoms with Crippen LogP contribution in [0.3, 0.4) is 0 Å². The maximum absolute atomic E-state index is 6.79. The third kappa shape index (κ3) is 9.34. The standard InChI is InChI=1S/C9H18N2/c1-2-8-11-9-6-4-3-5-7-10/h7,9-10H,2-6,8H2,1H3. The van der Waals surface area contributed by atoms with Gasteiger partial charge in [-0.1, -0.05) is 6.92 Å². The van der Waals surface area contributed by atoms with Gasteiger partial charge in [0.2, 0.25) is 0 Å². The van der Waals surface area contributed by atoms with E-state index >= 15 is 0 Å². The van der Waals surface area contributed by atoms with Gasteiger partial charge in [-0.05, 0) is 44.5 Å². The number of nitrogens with one attached hydrogen (secondary N) is 1. The number of hydrogen-bond acceptors (Lipinski definition) is 2. The van der Waals surface area contributed by atoms with Crippen molar-refractivity contribution >= 4 is 12.4 Å². The molecule has 64 valence electrons. The van der Waals surface area contributed by atoms with Gasteiger partial charge in [0.15, 0.2) is 0 Å². The summed E-state index contributed by atoms with van der Waals surface area (Å²) in [6.07, 6.45) is 8.91. The molecule has 0 unspecified atom stereocenters. The highest BCUT2D eigenvalue weighted by Crippen LogP contribution is 1.95. The van der Waals surface area contributed by atoms with Crippen molar-refractivity contribution in [3.05, 3.63) is 0 Å². The van der Waals surface area contributed by atoms with E-state index in [2.05, 4.69) is 11.9 Å². The Morgan fingerprint density at radius 1 is 1.27 bits per heavy atom. The summed E-state index contributed by atoms with van der Waals surface area (Å²) in [5.41, 5.74) is 0. The molecule has 2 nitrogen and oxygen atoms in total. The topological polar surface area (TPSA) is 36.2 Å². The summed E-state index contributed by atoms with van der Waals surface area (Å²) in [6, 6.07) is 0. The smallest absolute Gasteiger partial charge is 0.0382 e. The molecular formula is C9H18N2. The lowest BCUT2D eigenvalue weighted by atomic mass is 10.2. The molecule has 0 aliphatic heterocycles. The lowest BCUT2D eigenvalue weighted by Gasteiger charge is -1.90. The zero-order chi connectivity index (χ0) is 8.36. The molecule has 1 N–H and O–H groups in total. The van der Waals surface area contributed by atoms with Crippen LogP contribution in [0.1, 0.15) is 39.0 Å². The molecule has 0 rings (SSSR count). The average Bonchev–Trinajstić information content (AvgIpc) is 2.03. The fraction of sp³-hybridized carbons (Fsp3) is 0.778. The SMILES string of the molecule is CCCN=CCCCCC=N. The molecule has 0 aromatic carbocycles. The van der Waals surface area contributed by atoms with Crippen molar-refractivity contribution in [1.29, 1.82) is 5.41 Å². The minimum absolute atomic E-state index is 0.918. The molecule has 0 aliphatic rings. The van der Waals surface area contributed by atoms with Crippen LogP contribution in [0.2, 0.25) is 0 Å². The number of hydrogen-bond donors (Lipinski definition) is 1. The van der Waals surface area contributed by atoms with Gasteiger partial charge in [-0.2, -0.15) is 0 Å². The van der Waals surface area contributed by atoms with E-state index in [0.717, 1.165) is 32.2 Å². The normalized spacial score (nSPS) is 10.6. The van der Waals surface area contributed by atoms with Gasteiger partial charge in [-0.3, -0.25) is 4.99 Å². The first-order valence-electron chi connectivity index (χ1n) is 4.39. The first kappa shape index (κ1) is 10.3. The van der Waals surface area contributed by atoms with Gasteiger partial charge in [-0.15, -0.1) is 0 Å². The molecule has 11 heavy (non-hydrogen) atoms. The van der Waals surface area contributed by atoms with Crippen molar-refractivity contribution in [2.24, 2.45) is 4.99 Å². The van der Waals surface area contributed by atoms with E-state index in [1.165, 1.54) is 12.6 Å². The van der Waals surface area contributed by atoms with Gasteiger partial charge in [0.05, 0.1) is 0 Å². The molecule has 0 aromatic rings. The summed E-state index contributed by atoms with van der Waals surface area (Å²) >= 11 is 0. The van der Waals surface area contributed by atoms with Crippen LogP contribution >= 0.6 is 0 Å². The van der Waals surface area contributed by atoms with Crippen molar-refractivity contribution in [3.8, 4) is 0 Å². The first-order chi connectivity index (χ1) is 5.41. The highest BCUT2D eigenvalue weighted by molar-refractivity contribution is 5.57. The van der Waals surface area contributed by atoms with Crippen LogP contribution in [-0.2, 0) is 0 Å². The van der Waals surface area contributed by atoms with Crippen molar-refractivity contribution in [3.63, 3.8) is 0 Å². The van der Waals surface area contributed by atoms with Gasteiger partial charge in [0, 0.05) is 6.54 Å². The number of rotatable bonds is 7. The molecule has 2 heteroatoms. The van der Waals surface area contributed by atoms with Crippen LogP contribution in [-0.4, -0.2) is 19.0 Å². The van der Waals surface area contributed by atoms with Gasteiger partial charge in [0.25, 0.3) is 0 Å². The maximum atomic E-state index is 6.79. The molecule has 0 saturated heterocycles. The van der Waals surface area contributed by atoms with E-state index in [-0.39, 0.29) is 0 Å². The van der Waals surface area contributed by atoms with Gasteiger partial charge in [0.1, 0.15) is 0 Å². The first-order valence-corrected chi connectivity index (χ1v) is 4.39. The van der Waals surface area contributed by atoms with Crippen molar-refractivity contribution in [2.75, 3.05) is 6.54 Å². The average molecular weight is 154 g/mol. The molecule has 0 bridgehead atoms. The second kappa shape index (κ2) is 9.34. The molecule has 0 aliphatic carbocycles. The Hall–Kier alpha value is -0.660. The lowest BCUT2D eigenvalue weighted by Crippen LogP contribution is -1.81. The van der Waals surface area contributed by atoms with E-state index in [4.69, 9.17) is 5.41 Å². The van der Waals surface area contributed by atoms with E-state index in [1.807, 2.05) is 6.21 Å². The second-order valence-corrected chi connectivity index (χ2v) is 2.58. The van der Waals surface area contributed by atoms with E-state index in [0.29, 0.717) is 0 Å². The Kier molecular flexibility index (Phi) is 8.78. The largest absolute Gasteiger partial charge is 0.313 e. The van der Waals surface area contributed by atoms with Crippen LogP contribution in [0, 0.1) is 5.41 Å². The maximum Gasteiger partial charge on any atom is 0.0382 e. The zero-order valence-corrected chi connectivity index (χ0v) is 7.34. The predicted molar refractivity (Wildman–Crippen MR) is 50.9 cm³/mol. The summed E-state index contributed by atoms with van der Waals surface area (Å²) in [4.78, 5) is 4.21. The number of nitrogens with zero attached hydrogens (tertiary/aromatic N) is 1. The predicted octanol–water partition coefficient (Wildman–Crippen LogP) is 2.68. The monoisotopic (exact) mass is 154 g/mol. The van der Waals surface area contributed by atoms with Crippen molar-refractivity contribution < 1.29 is 0 Å². The Morgan fingerprint density at radius 2 is 2.00 bits per heavy atom. The quantitative estimate of drug-likeness (QED) is 0.432. The molecule has 0 atom stereocenters. The summed E-state index contributed by atoms with van der Waals surface area (Å²) in [5.74, 6) is 0. The minimum atomic E-state index is 0.918. The Labute approximate surface area is 69.2 Å². The third-order valence-electron chi connectivity index (χ3n) is 1.41. The molecule has 0 fully saturated rings. The minimum Gasteiger partial charge on any atom is -0.313 e. The van der Waals surface area contributed by atoms with Crippen LogP contribution in [0.25, 0.3) is 0 Å². The summed E-state index contributed by atoms with van der Waals surface area (Å²) in [7, 11) is 0. The van der Waals surface area contributed by atoms with Crippen LogP contribution in [0.5, 0.6) is 0 Å². The molecule has 0 saturated carbocycles. The molecule has 0 heterocycles. The van der Waals surface area contributed by atoms with Crippen molar-refractivity contribution in [1.82, 2.24) is 0 Å². The molecule has 0 aromatic heterocycles. The lowest BCUT2D eigenvalue weighted by molar-refractivity contribution is 0.801. The molecule has 0 amide bonds. The van der Waals surface area contributed by atoms with Gasteiger partial charge < -0.3 is 5.41 Å². The van der Waals surface area contributed by atoms with E-state index in [1.54, 1.807) is 0 Å². The van der Waals surface area contributed by atoms with Crippen molar-refractivity contribution in [2.45, 2.75) is 39.0 Å². The highest BCUT2D eigenvalue weighted by atomic mass is 14.7. The Morgan fingerprint density at radius 3 is 2.64 bits per heavy atom. The zero-order valence-electron chi connectivity index (χ0n) is 7.34. The molecule has 0 spiro atoms. The fourth-order valence-electron chi connectivity index (χ4n) is 0.794. The molecule has 0 radical (unpaired) electrons. The van der Waals surface area contributed by atoms with Crippen LogP contribution in [0.4, 0.5) is 0 Å². The Bertz CT molecular complexity index is 108. The van der Waals surface area contributed by atoms with Crippen LogP contribution < -0.4 is 0 Å². The summed E-state index contributed by atoms with van der Waals surface area (Å²) < 4.78 is 0. The second-order valence-electron chi connectivity index (χ2n) is 2.58. The van der Waals surface area contributed by atoms with E-state index < -0.39 is 0 Å². The Balaban J connectivity index is 2.94. The van der Waals surface area contributed by atoms with Gasteiger partial charge in [-0.25, -0.2) is 0 Å². The summed E-state index contributed by atoms with van der Waals surface area (Å²) in [6.45, 7) is 3.09. The fourth-order valence-corrected chi connectivity index (χ4v) is 0.794. The van der Waals surface area contributed by atoms with Crippen LogP contribution in [0.15, 0.2) is 4.99 Å². The third-order valence-corrected chi connectivity index (χ3v) is 1.41.